The first kappa shape index (κ1) is 35.6. The highest BCUT2D eigenvalue weighted by molar-refractivity contribution is 7.25. The predicted molar refractivity (Wildman–Crippen MR) is 262 cm³/mol. The zero-order valence-corrected chi connectivity index (χ0v) is 34.6. The molecule has 5 nitrogen and oxygen atoms in total. The van der Waals surface area contributed by atoms with Gasteiger partial charge in [-0.1, -0.05) is 158 Å². The number of nitrogens with zero attached hydrogens (tertiary/aromatic N) is 4. The van der Waals surface area contributed by atoms with Gasteiger partial charge in [0.2, 0.25) is 0 Å². The van der Waals surface area contributed by atoms with Crippen LogP contribution in [0.2, 0.25) is 0 Å². The van der Waals surface area contributed by atoms with Gasteiger partial charge in [0, 0.05) is 58.4 Å². The average molecular weight is 823 g/mol. The van der Waals surface area contributed by atoms with Gasteiger partial charge < -0.3 is 8.98 Å². The van der Waals surface area contributed by atoms with Crippen LogP contribution in [0.25, 0.3) is 126 Å². The van der Waals surface area contributed by atoms with Crippen LogP contribution in [0.15, 0.2) is 211 Å². The smallest absolute Gasteiger partial charge is 0.164 e. The summed E-state index contributed by atoms with van der Waals surface area (Å²) in [5.41, 5.74) is 11.9. The van der Waals surface area contributed by atoms with Gasteiger partial charge in [0.1, 0.15) is 5.58 Å². The van der Waals surface area contributed by atoms with Crippen molar-refractivity contribution in [3.8, 4) is 62.1 Å². The summed E-state index contributed by atoms with van der Waals surface area (Å²) in [6, 6.07) is 72.6. The fourth-order valence-corrected chi connectivity index (χ4v) is 10.5. The van der Waals surface area contributed by atoms with E-state index in [0.29, 0.717) is 17.5 Å². The third-order valence-corrected chi connectivity index (χ3v) is 13.4. The summed E-state index contributed by atoms with van der Waals surface area (Å²) in [4.78, 5) is 15.5. The van der Waals surface area contributed by atoms with Gasteiger partial charge in [-0.3, -0.25) is 0 Å². The van der Waals surface area contributed by atoms with Gasteiger partial charge in [0.25, 0.3) is 0 Å². The predicted octanol–water partition coefficient (Wildman–Crippen LogP) is 15.6. The van der Waals surface area contributed by atoms with Crippen LogP contribution in [-0.2, 0) is 0 Å². The molecule has 13 rings (SSSR count). The van der Waals surface area contributed by atoms with E-state index >= 15 is 0 Å². The van der Waals surface area contributed by atoms with Gasteiger partial charge in [0.15, 0.2) is 23.1 Å². The highest BCUT2D eigenvalue weighted by atomic mass is 32.1. The fraction of sp³-hybridized carbons (Fsp3) is 0. The summed E-state index contributed by atoms with van der Waals surface area (Å²) in [7, 11) is 0. The molecule has 0 spiro atoms. The minimum Gasteiger partial charge on any atom is -0.454 e. The Morgan fingerprint density at radius 1 is 0.365 bits per heavy atom. The molecule has 0 bridgehead atoms. The monoisotopic (exact) mass is 822 g/mol. The van der Waals surface area contributed by atoms with Gasteiger partial charge in [-0.25, -0.2) is 15.0 Å². The Labute approximate surface area is 365 Å². The number of thiophene rings is 1. The second kappa shape index (κ2) is 14.2. The number of hydrogen-bond donors (Lipinski definition) is 0. The van der Waals surface area contributed by atoms with E-state index in [1.54, 1.807) is 0 Å². The molecular formula is C57H34N4OS. The first-order chi connectivity index (χ1) is 31.2. The molecule has 294 valence electrons. The lowest BCUT2D eigenvalue weighted by atomic mass is 9.98. The van der Waals surface area contributed by atoms with Crippen LogP contribution in [0, 0.1) is 0 Å². The standard InChI is InChI=1S/C57H34N4OS/c1-4-16-35(17-5-1)39-33-45(57-59-55(36-18-6-2-7-19-36)58-56(60-57)37-20-8-3-9-21-37)53-43-25-15-28-48(54(43)62-49(53)34-39)61-46-26-12-10-23-42(46)52-40(24-14-27-47(52)61)38-30-31-51-44(32-38)41-22-11-13-29-50(41)63-51/h1-34H. The quantitative estimate of drug-likeness (QED) is 0.168. The molecule has 0 fully saturated rings. The molecule has 0 saturated heterocycles. The van der Waals surface area contributed by atoms with Crippen molar-refractivity contribution in [1.82, 2.24) is 19.5 Å². The number of fused-ring (bicyclic) bond motifs is 9. The average Bonchev–Trinajstić information content (AvgIpc) is 4.04. The molecule has 0 amide bonds. The van der Waals surface area contributed by atoms with Crippen LogP contribution in [0.3, 0.4) is 0 Å². The molecule has 0 aliphatic rings. The lowest BCUT2D eigenvalue weighted by Gasteiger charge is -2.11. The first-order valence-corrected chi connectivity index (χ1v) is 21.9. The van der Waals surface area contributed by atoms with Crippen molar-refractivity contribution in [2.75, 3.05) is 0 Å². The summed E-state index contributed by atoms with van der Waals surface area (Å²) in [6.07, 6.45) is 0. The van der Waals surface area contributed by atoms with E-state index < -0.39 is 0 Å². The Balaban J connectivity index is 1.08. The minimum absolute atomic E-state index is 0.579. The maximum absolute atomic E-state index is 7.16. The van der Waals surface area contributed by atoms with Crippen LogP contribution in [-0.4, -0.2) is 19.5 Å². The van der Waals surface area contributed by atoms with Gasteiger partial charge in [-0.05, 0) is 70.8 Å². The highest BCUT2D eigenvalue weighted by Crippen LogP contribution is 2.45. The molecule has 0 atom stereocenters. The number of furan rings is 1. The Bertz CT molecular complexity index is 3850. The summed E-state index contributed by atoms with van der Waals surface area (Å²) >= 11 is 1.85. The molecule has 0 saturated carbocycles. The third-order valence-electron chi connectivity index (χ3n) is 12.3. The van der Waals surface area contributed by atoms with Crippen molar-refractivity contribution in [2.24, 2.45) is 0 Å². The Hall–Kier alpha value is -8.19. The van der Waals surface area contributed by atoms with E-state index in [9.17, 15) is 0 Å². The summed E-state index contributed by atoms with van der Waals surface area (Å²) < 4.78 is 12.1. The summed E-state index contributed by atoms with van der Waals surface area (Å²) in [5.74, 6) is 1.80. The maximum atomic E-state index is 7.16. The fourth-order valence-electron chi connectivity index (χ4n) is 9.40. The van der Waals surface area contributed by atoms with Crippen LogP contribution >= 0.6 is 11.3 Å². The maximum Gasteiger partial charge on any atom is 0.164 e. The number of hydrogen-bond acceptors (Lipinski definition) is 5. The summed E-state index contributed by atoms with van der Waals surface area (Å²) in [5, 5.41) is 6.91. The van der Waals surface area contributed by atoms with Gasteiger partial charge in [-0.2, -0.15) is 0 Å². The SMILES string of the molecule is c1ccc(-c2cc(-c3nc(-c4ccccc4)nc(-c4ccccc4)n3)c3c(c2)oc2c(-n4c5ccccc5c5c(-c6ccc7sc8ccccc8c7c6)cccc54)cccc23)cc1. The van der Waals surface area contributed by atoms with Crippen molar-refractivity contribution in [1.29, 1.82) is 0 Å². The van der Waals surface area contributed by atoms with Gasteiger partial charge in [-0.15, -0.1) is 11.3 Å². The molecule has 63 heavy (non-hydrogen) atoms. The van der Waals surface area contributed by atoms with Gasteiger partial charge in [0.05, 0.1) is 16.7 Å². The second-order valence-corrected chi connectivity index (χ2v) is 17.0. The van der Waals surface area contributed by atoms with Crippen molar-refractivity contribution < 1.29 is 4.42 Å². The van der Waals surface area contributed by atoms with Crippen LogP contribution in [0.1, 0.15) is 0 Å². The molecule has 0 aliphatic heterocycles. The van der Waals surface area contributed by atoms with Gasteiger partial charge >= 0.3 is 0 Å². The van der Waals surface area contributed by atoms with Crippen LogP contribution < -0.4 is 0 Å². The van der Waals surface area contributed by atoms with E-state index in [1.165, 1.54) is 42.1 Å². The van der Waals surface area contributed by atoms with E-state index in [2.05, 4.69) is 144 Å². The molecule has 9 aromatic carbocycles. The Kier molecular flexibility index (Phi) is 8.01. The molecule has 13 aromatic rings. The largest absolute Gasteiger partial charge is 0.454 e. The zero-order valence-electron chi connectivity index (χ0n) is 33.7. The molecular weight excluding hydrogens is 789 g/mol. The highest BCUT2D eigenvalue weighted by Gasteiger charge is 2.24. The lowest BCUT2D eigenvalue weighted by molar-refractivity contribution is 0.666. The minimum atomic E-state index is 0.579. The van der Waals surface area contributed by atoms with Crippen molar-refractivity contribution in [3.05, 3.63) is 206 Å². The molecule has 4 aromatic heterocycles. The van der Waals surface area contributed by atoms with Crippen LogP contribution in [0.5, 0.6) is 0 Å². The molecule has 0 aliphatic carbocycles. The molecule has 4 heterocycles. The van der Waals surface area contributed by atoms with E-state index in [1.807, 2.05) is 78.1 Å². The molecule has 0 radical (unpaired) electrons. The van der Waals surface area contributed by atoms with Crippen molar-refractivity contribution in [3.63, 3.8) is 0 Å². The summed E-state index contributed by atoms with van der Waals surface area (Å²) in [6.45, 7) is 0. The number of para-hydroxylation sites is 2. The number of benzene rings is 9. The van der Waals surface area contributed by atoms with Crippen LogP contribution in [0.4, 0.5) is 0 Å². The van der Waals surface area contributed by atoms with Crippen molar-refractivity contribution >= 4 is 75.3 Å². The zero-order chi connectivity index (χ0) is 41.4. The van der Waals surface area contributed by atoms with E-state index in [-0.39, 0.29) is 0 Å². The topological polar surface area (TPSA) is 56.7 Å². The van der Waals surface area contributed by atoms with E-state index in [0.717, 1.165) is 66.5 Å². The molecule has 6 heteroatoms. The molecule has 0 N–H and O–H groups in total. The number of aromatic nitrogens is 4. The Morgan fingerprint density at radius 2 is 0.968 bits per heavy atom. The van der Waals surface area contributed by atoms with Crippen molar-refractivity contribution in [2.45, 2.75) is 0 Å². The number of rotatable bonds is 6. The van der Waals surface area contributed by atoms with E-state index in [4.69, 9.17) is 19.4 Å². The first-order valence-electron chi connectivity index (χ1n) is 21.1. The third kappa shape index (κ3) is 5.73. The normalized spacial score (nSPS) is 11.8. The molecule has 0 unspecified atom stereocenters. The Morgan fingerprint density at radius 3 is 1.73 bits per heavy atom. The second-order valence-electron chi connectivity index (χ2n) is 15.9. The lowest BCUT2D eigenvalue weighted by Crippen LogP contribution is -2.00.